The minimum Gasteiger partial charge on any atom is -0.388 e. The molecule has 0 radical (unpaired) electrons. The van der Waals surface area contributed by atoms with Crippen LogP contribution in [0.3, 0.4) is 0 Å². The normalized spacial score (nSPS) is 20.7. The smallest absolute Gasteiger partial charge is 0.191 e. The van der Waals surface area contributed by atoms with E-state index in [1.54, 1.807) is 7.05 Å². The van der Waals surface area contributed by atoms with Gasteiger partial charge in [-0.15, -0.1) is 24.0 Å². The van der Waals surface area contributed by atoms with Gasteiger partial charge in [-0.3, -0.25) is 4.99 Å². The van der Waals surface area contributed by atoms with E-state index < -0.39 is 5.60 Å². The Morgan fingerprint density at radius 3 is 2.59 bits per heavy atom. The summed E-state index contributed by atoms with van der Waals surface area (Å²) >= 11 is 0. The maximum atomic E-state index is 10.6. The lowest BCUT2D eigenvalue weighted by Crippen LogP contribution is -2.52. The number of guanidine groups is 1. The van der Waals surface area contributed by atoms with Gasteiger partial charge < -0.3 is 20.6 Å². The fraction of sp³-hybridized carbons (Fsp3) is 0.700. The minimum absolute atomic E-state index is 0. The van der Waals surface area contributed by atoms with Gasteiger partial charge in [-0.25, -0.2) is 4.98 Å². The lowest BCUT2D eigenvalue weighted by molar-refractivity contribution is 0.00854. The number of pyridine rings is 1. The molecule has 7 heteroatoms. The summed E-state index contributed by atoms with van der Waals surface area (Å²) in [4.78, 5) is 11.3. The molecule has 3 rings (SSSR count). The van der Waals surface area contributed by atoms with Gasteiger partial charge in [-0.05, 0) is 44.7 Å². The molecule has 27 heavy (non-hydrogen) atoms. The molecular formula is C20H34IN5O. The number of aliphatic imine (C=N–C) groups is 1. The molecule has 0 bridgehead atoms. The molecule has 0 amide bonds. The van der Waals surface area contributed by atoms with E-state index in [1.165, 1.54) is 6.42 Å². The van der Waals surface area contributed by atoms with Crippen LogP contribution in [0, 0.1) is 6.92 Å². The molecule has 0 spiro atoms. The van der Waals surface area contributed by atoms with E-state index >= 15 is 0 Å². The van der Waals surface area contributed by atoms with E-state index in [0.717, 1.165) is 69.1 Å². The van der Waals surface area contributed by atoms with Gasteiger partial charge in [0, 0.05) is 38.4 Å². The summed E-state index contributed by atoms with van der Waals surface area (Å²) in [6.07, 6.45) is 7.37. The first-order valence-corrected chi connectivity index (χ1v) is 9.96. The largest absolute Gasteiger partial charge is 0.388 e. The second-order valence-electron chi connectivity index (χ2n) is 7.75. The van der Waals surface area contributed by atoms with Crippen molar-refractivity contribution in [3.8, 4) is 0 Å². The Balaban J connectivity index is 0.00000261. The molecule has 3 N–H and O–H groups in total. The Kier molecular flexibility index (Phi) is 8.60. The summed E-state index contributed by atoms with van der Waals surface area (Å²) in [5.74, 6) is 1.88. The van der Waals surface area contributed by atoms with Crippen molar-refractivity contribution in [2.75, 3.05) is 31.6 Å². The van der Waals surface area contributed by atoms with Crippen LogP contribution in [0.4, 0.5) is 5.82 Å². The van der Waals surface area contributed by atoms with Crippen molar-refractivity contribution in [3.05, 3.63) is 23.9 Å². The Morgan fingerprint density at radius 2 is 1.96 bits per heavy atom. The molecule has 1 aliphatic carbocycles. The molecule has 1 aromatic rings. The number of anilines is 1. The summed E-state index contributed by atoms with van der Waals surface area (Å²) in [7, 11) is 1.80. The Bertz CT molecular complexity index is 610. The molecule has 1 saturated carbocycles. The van der Waals surface area contributed by atoms with Gasteiger partial charge in [0.25, 0.3) is 0 Å². The van der Waals surface area contributed by atoms with Crippen LogP contribution in [-0.4, -0.2) is 54.4 Å². The van der Waals surface area contributed by atoms with Crippen molar-refractivity contribution in [2.24, 2.45) is 4.99 Å². The average molecular weight is 487 g/mol. The topological polar surface area (TPSA) is 72.8 Å². The van der Waals surface area contributed by atoms with Crippen molar-refractivity contribution in [2.45, 2.75) is 63.5 Å². The van der Waals surface area contributed by atoms with Crippen molar-refractivity contribution >= 4 is 35.8 Å². The van der Waals surface area contributed by atoms with Gasteiger partial charge in [0.05, 0.1) is 5.60 Å². The molecule has 1 aliphatic heterocycles. The Labute approximate surface area is 180 Å². The van der Waals surface area contributed by atoms with Crippen molar-refractivity contribution < 1.29 is 5.11 Å². The second kappa shape index (κ2) is 10.5. The highest BCUT2D eigenvalue weighted by Gasteiger charge is 2.29. The van der Waals surface area contributed by atoms with Crippen LogP contribution < -0.4 is 15.5 Å². The van der Waals surface area contributed by atoms with Crippen molar-refractivity contribution in [3.63, 3.8) is 0 Å². The van der Waals surface area contributed by atoms with Gasteiger partial charge in [0.15, 0.2) is 5.96 Å². The van der Waals surface area contributed by atoms with E-state index in [-0.39, 0.29) is 24.0 Å². The first-order valence-electron chi connectivity index (χ1n) is 9.96. The third-order valence-electron chi connectivity index (χ3n) is 5.63. The number of halogens is 1. The molecule has 0 unspecified atom stereocenters. The molecule has 6 nitrogen and oxygen atoms in total. The number of nitrogens with one attached hydrogen (secondary N) is 2. The second-order valence-corrected chi connectivity index (χ2v) is 7.75. The number of hydrogen-bond donors (Lipinski definition) is 3. The first kappa shape index (κ1) is 22.2. The van der Waals surface area contributed by atoms with E-state index in [1.807, 2.05) is 13.0 Å². The van der Waals surface area contributed by atoms with E-state index in [2.05, 4.69) is 37.6 Å². The van der Waals surface area contributed by atoms with Crippen LogP contribution in [-0.2, 0) is 0 Å². The molecule has 0 atom stereocenters. The molecule has 2 fully saturated rings. The lowest BCUT2D eigenvalue weighted by Gasteiger charge is -2.35. The third kappa shape index (κ3) is 6.48. The van der Waals surface area contributed by atoms with Crippen LogP contribution in [0.1, 0.15) is 50.6 Å². The zero-order chi connectivity index (χ0) is 18.4. The lowest BCUT2D eigenvalue weighted by atomic mass is 9.85. The molecular weight excluding hydrogens is 453 g/mol. The molecule has 1 saturated heterocycles. The van der Waals surface area contributed by atoms with E-state index in [4.69, 9.17) is 0 Å². The molecule has 2 heterocycles. The quantitative estimate of drug-likeness (QED) is 0.346. The summed E-state index contributed by atoms with van der Waals surface area (Å²) in [5.41, 5.74) is 0.490. The molecule has 152 valence electrons. The van der Waals surface area contributed by atoms with Crippen LogP contribution in [0.25, 0.3) is 0 Å². The van der Waals surface area contributed by atoms with Gasteiger partial charge in [0.2, 0.25) is 0 Å². The fourth-order valence-electron chi connectivity index (χ4n) is 3.98. The highest BCUT2D eigenvalue weighted by atomic mass is 127. The first-order chi connectivity index (χ1) is 12.6. The number of nitrogens with zero attached hydrogens (tertiary/aromatic N) is 3. The monoisotopic (exact) mass is 487 g/mol. The van der Waals surface area contributed by atoms with Crippen molar-refractivity contribution in [1.82, 2.24) is 15.6 Å². The van der Waals surface area contributed by atoms with Gasteiger partial charge >= 0.3 is 0 Å². The number of piperidine rings is 1. The molecule has 0 aromatic carbocycles. The van der Waals surface area contributed by atoms with Crippen LogP contribution >= 0.6 is 24.0 Å². The number of rotatable bonds is 4. The zero-order valence-corrected chi connectivity index (χ0v) is 18.9. The highest BCUT2D eigenvalue weighted by molar-refractivity contribution is 14.0. The van der Waals surface area contributed by atoms with E-state index in [9.17, 15) is 5.11 Å². The maximum absolute atomic E-state index is 10.6. The number of aromatic nitrogens is 1. The average Bonchev–Trinajstić information content (AvgIpc) is 2.66. The number of hydrogen-bond acceptors (Lipinski definition) is 4. The Morgan fingerprint density at radius 1 is 1.26 bits per heavy atom. The van der Waals surface area contributed by atoms with Gasteiger partial charge in [-0.1, -0.05) is 25.3 Å². The van der Waals surface area contributed by atoms with Gasteiger partial charge in [-0.2, -0.15) is 0 Å². The van der Waals surface area contributed by atoms with Crippen molar-refractivity contribution in [1.29, 1.82) is 0 Å². The van der Waals surface area contributed by atoms with Crippen LogP contribution in [0.5, 0.6) is 0 Å². The predicted octanol–water partition coefficient (Wildman–Crippen LogP) is 2.84. The van der Waals surface area contributed by atoms with Gasteiger partial charge in [0.1, 0.15) is 5.82 Å². The SMILES string of the molecule is CN=C(NCC1(O)CCCCC1)NC1CCN(c2cccc(C)n2)CC1.I. The third-order valence-corrected chi connectivity index (χ3v) is 5.63. The number of aryl methyl sites for hydroxylation is 1. The molecule has 1 aromatic heterocycles. The number of aliphatic hydroxyl groups is 1. The Hall–Kier alpha value is -1.09. The predicted molar refractivity (Wildman–Crippen MR) is 122 cm³/mol. The van der Waals surface area contributed by atoms with Crippen LogP contribution in [0.15, 0.2) is 23.2 Å². The summed E-state index contributed by atoms with van der Waals surface area (Å²) in [6.45, 7) is 4.61. The summed E-state index contributed by atoms with van der Waals surface area (Å²) < 4.78 is 0. The molecule has 2 aliphatic rings. The summed E-state index contributed by atoms with van der Waals surface area (Å²) in [6, 6.07) is 6.60. The minimum atomic E-state index is -0.573. The highest BCUT2D eigenvalue weighted by Crippen LogP contribution is 2.27. The zero-order valence-electron chi connectivity index (χ0n) is 16.6. The fourth-order valence-corrected chi connectivity index (χ4v) is 3.98. The maximum Gasteiger partial charge on any atom is 0.191 e. The summed E-state index contributed by atoms with van der Waals surface area (Å²) in [5, 5.41) is 17.5. The van der Waals surface area contributed by atoms with Crippen LogP contribution in [0.2, 0.25) is 0 Å². The standard InChI is InChI=1S/C20H33N5O.HI/c1-16-7-6-8-18(23-16)25-13-9-17(10-14-25)24-19(21-2)22-15-20(26)11-4-3-5-12-20;/h6-8,17,26H,3-5,9-15H2,1-2H3,(H2,21,22,24);1H. The van der Waals surface area contributed by atoms with E-state index in [0.29, 0.717) is 12.6 Å².